The lowest BCUT2D eigenvalue weighted by atomic mass is 10.0. The maximum absolute atomic E-state index is 12.6. The molecule has 0 aliphatic heterocycles. The molecule has 6 nitrogen and oxygen atoms in total. The van der Waals surface area contributed by atoms with Gasteiger partial charge in [0.25, 0.3) is 5.91 Å². The van der Waals surface area contributed by atoms with Gasteiger partial charge in [-0.25, -0.2) is 9.59 Å². The van der Waals surface area contributed by atoms with Gasteiger partial charge in [0.1, 0.15) is 16.9 Å². The Morgan fingerprint density at radius 1 is 0.939 bits per heavy atom. The summed E-state index contributed by atoms with van der Waals surface area (Å²) in [5, 5.41) is 3.30. The van der Waals surface area contributed by atoms with Crippen LogP contribution in [0.25, 0.3) is 22.1 Å². The second-order valence-corrected chi connectivity index (χ2v) is 7.76. The summed E-state index contributed by atoms with van der Waals surface area (Å²) >= 11 is 0. The van der Waals surface area contributed by atoms with Gasteiger partial charge in [-0.2, -0.15) is 0 Å². The van der Waals surface area contributed by atoms with Crippen LogP contribution < -0.4 is 15.7 Å². The molecule has 0 saturated carbocycles. The zero-order chi connectivity index (χ0) is 23.4. The second-order valence-electron chi connectivity index (χ2n) is 7.76. The minimum absolute atomic E-state index is 0.0591. The van der Waals surface area contributed by atoms with Crippen molar-refractivity contribution in [2.45, 2.75) is 26.3 Å². The summed E-state index contributed by atoms with van der Waals surface area (Å²) < 4.78 is 10.8. The lowest BCUT2D eigenvalue weighted by molar-refractivity contribution is 0.0734. The molecule has 33 heavy (non-hydrogen) atoms. The topological polar surface area (TPSA) is 85.6 Å². The normalized spacial score (nSPS) is 11.7. The monoisotopic (exact) mass is 441 g/mol. The van der Waals surface area contributed by atoms with Crippen LogP contribution in [0.15, 0.2) is 88.1 Å². The Morgan fingerprint density at radius 2 is 1.64 bits per heavy atom. The van der Waals surface area contributed by atoms with Gasteiger partial charge in [-0.1, -0.05) is 49.4 Å². The Morgan fingerprint density at radius 3 is 2.33 bits per heavy atom. The van der Waals surface area contributed by atoms with Crippen LogP contribution in [0.3, 0.4) is 0 Å². The van der Waals surface area contributed by atoms with E-state index in [9.17, 15) is 14.4 Å². The van der Waals surface area contributed by atoms with Crippen LogP contribution in [0.2, 0.25) is 0 Å². The van der Waals surface area contributed by atoms with Gasteiger partial charge in [0.2, 0.25) is 0 Å². The van der Waals surface area contributed by atoms with E-state index in [1.165, 1.54) is 12.1 Å². The molecule has 3 aromatic carbocycles. The average Bonchev–Trinajstić information content (AvgIpc) is 2.84. The third kappa shape index (κ3) is 5.01. The molecule has 1 heterocycles. The molecular formula is C27H23NO5. The summed E-state index contributed by atoms with van der Waals surface area (Å²) in [6.07, 6.45) is 0.744. The fraction of sp³-hybridized carbons (Fsp3) is 0.148. The first-order valence-corrected chi connectivity index (χ1v) is 10.7. The molecule has 0 spiro atoms. The van der Waals surface area contributed by atoms with Crippen molar-refractivity contribution in [3.05, 3.63) is 100 Å². The molecule has 1 N–H and O–H groups in total. The van der Waals surface area contributed by atoms with E-state index >= 15 is 0 Å². The van der Waals surface area contributed by atoms with Gasteiger partial charge in [-0.15, -0.1) is 0 Å². The summed E-state index contributed by atoms with van der Waals surface area (Å²) in [6.45, 7) is 3.80. The molecule has 1 unspecified atom stereocenters. The third-order valence-corrected chi connectivity index (χ3v) is 5.38. The van der Waals surface area contributed by atoms with E-state index in [-0.39, 0.29) is 22.9 Å². The molecule has 0 saturated heterocycles. The van der Waals surface area contributed by atoms with Crippen LogP contribution in [0, 0.1) is 0 Å². The van der Waals surface area contributed by atoms with E-state index < -0.39 is 17.5 Å². The molecule has 0 fully saturated rings. The molecule has 0 aliphatic rings. The van der Waals surface area contributed by atoms with Crippen molar-refractivity contribution in [1.82, 2.24) is 5.32 Å². The fourth-order valence-corrected chi connectivity index (χ4v) is 3.31. The standard InChI is InChI=1S/C27H23NO5/c1-3-17(2)28-25(29)23-15-21-13-14-22(16-24(21)33-27(23)31)32-26(30)20-11-9-19(10-12-20)18-7-5-4-6-8-18/h4-17H,3H2,1-2H3,(H,28,29). The van der Waals surface area contributed by atoms with Crippen LogP contribution in [-0.2, 0) is 0 Å². The summed E-state index contributed by atoms with van der Waals surface area (Å²) in [5.74, 6) is -0.769. The summed E-state index contributed by atoms with van der Waals surface area (Å²) in [6, 6.07) is 23.1. The maximum Gasteiger partial charge on any atom is 0.349 e. The maximum atomic E-state index is 12.6. The number of esters is 1. The lowest BCUT2D eigenvalue weighted by Gasteiger charge is -2.11. The van der Waals surface area contributed by atoms with Gasteiger partial charge in [0, 0.05) is 17.5 Å². The van der Waals surface area contributed by atoms with Gasteiger partial charge in [0.05, 0.1) is 5.56 Å². The molecule has 4 aromatic rings. The molecule has 1 aromatic heterocycles. The molecule has 166 valence electrons. The van der Waals surface area contributed by atoms with Gasteiger partial charge in [-0.3, -0.25) is 4.79 Å². The van der Waals surface area contributed by atoms with Crippen LogP contribution in [-0.4, -0.2) is 17.9 Å². The zero-order valence-corrected chi connectivity index (χ0v) is 18.3. The van der Waals surface area contributed by atoms with Crippen LogP contribution in [0.1, 0.15) is 41.0 Å². The zero-order valence-electron chi connectivity index (χ0n) is 18.3. The van der Waals surface area contributed by atoms with Gasteiger partial charge >= 0.3 is 11.6 Å². The molecule has 0 aliphatic carbocycles. The van der Waals surface area contributed by atoms with Gasteiger partial charge in [-0.05, 0) is 54.8 Å². The number of ether oxygens (including phenoxy) is 1. The van der Waals surface area contributed by atoms with Gasteiger partial charge < -0.3 is 14.5 Å². The largest absolute Gasteiger partial charge is 0.423 e. The number of fused-ring (bicyclic) bond motifs is 1. The molecule has 0 bridgehead atoms. The highest BCUT2D eigenvalue weighted by atomic mass is 16.5. The first kappa shape index (κ1) is 22.0. The Kier molecular flexibility index (Phi) is 6.36. The number of carbonyl (C=O) groups excluding carboxylic acids is 2. The Labute approximate surface area is 190 Å². The minimum Gasteiger partial charge on any atom is -0.423 e. The van der Waals surface area contributed by atoms with Crippen molar-refractivity contribution in [1.29, 1.82) is 0 Å². The van der Waals surface area contributed by atoms with E-state index in [0.717, 1.165) is 17.5 Å². The predicted molar refractivity (Wildman–Crippen MR) is 127 cm³/mol. The Balaban J connectivity index is 1.52. The first-order chi connectivity index (χ1) is 15.9. The summed E-state index contributed by atoms with van der Waals surface area (Å²) in [4.78, 5) is 37.2. The number of nitrogens with one attached hydrogen (secondary N) is 1. The number of carbonyl (C=O) groups is 2. The molecule has 1 amide bonds. The second kappa shape index (κ2) is 9.53. The van der Waals surface area contributed by atoms with E-state index in [4.69, 9.17) is 9.15 Å². The smallest absolute Gasteiger partial charge is 0.349 e. The van der Waals surface area contributed by atoms with Crippen molar-refractivity contribution < 1.29 is 18.7 Å². The molecule has 6 heteroatoms. The van der Waals surface area contributed by atoms with Crippen LogP contribution in [0.4, 0.5) is 0 Å². The van der Waals surface area contributed by atoms with Crippen LogP contribution in [0.5, 0.6) is 5.75 Å². The highest BCUT2D eigenvalue weighted by molar-refractivity contribution is 5.97. The van der Waals surface area contributed by atoms with Crippen molar-refractivity contribution in [3.8, 4) is 16.9 Å². The Hall–Kier alpha value is -4.19. The molecule has 1 atom stereocenters. The van der Waals surface area contributed by atoms with Crippen LogP contribution >= 0.6 is 0 Å². The van der Waals surface area contributed by atoms with E-state index in [1.54, 1.807) is 24.3 Å². The van der Waals surface area contributed by atoms with E-state index in [0.29, 0.717) is 10.9 Å². The highest BCUT2D eigenvalue weighted by Gasteiger charge is 2.16. The number of rotatable bonds is 6. The molecular weight excluding hydrogens is 418 g/mol. The van der Waals surface area contributed by atoms with Crippen molar-refractivity contribution in [2.75, 3.05) is 0 Å². The lowest BCUT2D eigenvalue weighted by Crippen LogP contribution is -2.34. The summed E-state index contributed by atoms with van der Waals surface area (Å²) in [7, 11) is 0. The SMILES string of the molecule is CCC(C)NC(=O)c1cc2ccc(OC(=O)c3ccc(-c4ccccc4)cc3)cc2oc1=O. The number of hydrogen-bond acceptors (Lipinski definition) is 5. The first-order valence-electron chi connectivity index (χ1n) is 10.7. The predicted octanol–water partition coefficient (Wildman–Crippen LogP) is 5.21. The number of hydrogen-bond donors (Lipinski definition) is 1. The number of amides is 1. The summed E-state index contributed by atoms with van der Waals surface area (Å²) in [5.41, 5.74) is 1.86. The Bertz CT molecular complexity index is 1360. The fourth-order valence-electron chi connectivity index (χ4n) is 3.31. The van der Waals surface area contributed by atoms with Crippen molar-refractivity contribution in [3.63, 3.8) is 0 Å². The minimum atomic E-state index is -0.747. The molecule has 0 radical (unpaired) electrons. The van der Waals surface area contributed by atoms with Crippen molar-refractivity contribution in [2.24, 2.45) is 0 Å². The quantitative estimate of drug-likeness (QED) is 0.252. The van der Waals surface area contributed by atoms with Crippen molar-refractivity contribution >= 4 is 22.8 Å². The molecule has 4 rings (SSSR count). The third-order valence-electron chi connectivity index (χ3n) is 5.38. The highest BCUT2D eigenvalue weighted by Crippen LogP contribution is 2.23. The van der Waals surface area contributed by atoms with E-state index in [1.807, 2.05) is 56.3 Å². The average molecular weight is 441 g/mol. The number of benzene rings is 3. The van der Waals surface area contributed by atoms with E-state index in [2.05, 4.69) is 5.32 Å². The van der Waals surface area contributed by atoms with Gasteiger partial charge in [0.15, 0.2) is 0 Å².